The van der Waals surface area contributed by atoms with Crippen molar-refractivity contribution in [3.8, 4) is 11.5 Å². The van der Waals surface area contributed by atoms with Crippen LogP contribution in [-0.4, -0.2) is 10.2 Å². The minimum Gasteiger partial charge on any atom is -0.419 e. The van der Waals surface area contributed by atoms with E-state index >= 15 is 0 Å². The molecule has 0 unspecified atom stereocenters. The van der Waals surface area contributed by atoms with E-state index in [1.807, 2.05) is 55.5 Å². The summed E-state index contributed by atoms with van der Waals surface area (Å²) in [6, 6.07) is 15.5. The van der Waals surface area contributed by atoms with E-state index in [1.54, 1.807) is 0 Å². The fourth-order valence-electron chi connectivity index (χ4n) is 1.91. The van der Waals surface area contributed by atoms with E-state index in [9.17, 15) is 0 Å². The minimum atomic E-state index is 0.433. The standard InChI is InChI=1S/C16H14ClN3O/c1-11-6-8-12(9-7-11)16-20-19-15(21-16)10-18-14-5-3-2-4-13(14)17/h2-9,18H,10H2,1H3. The number of benzene rings is 2. The summed E-state index contributed by atoms with van der Waals surface area (Å²) in [6.07, 6.45) is 0. The van der Waals surface area contributed by atoms with E-state index in [-0.39, 0.29) is 0 Å². The van der Waals surface area contributed by atoms with Crippen molar-refractivity contribution in [1.29, 1.82) is 0 Å². The van der Waals surface area contributed by atoms with E-state index in [4.69, 9.17) is 16.0 Å². The normalized spacial score (nSPS) is 10.6. The third-order valence-corrected chi connectivity index (χ3v) is 3.40. The van der Waals surface area contributed by atoms with Crippen LogP contribution in [0.4, 0.5) is 5.69 Å². The van der Waals surface area contributed by atoms with Crippen LogP contribution in [0.15, 0.2) is 52.9 Å². The highest BCUT2D eigenvalue weighted by molar-refractivity contribution is 6.33. The number of aromatic nitrogens is 2. The molecule has 106 valence electrons. The maximum Gasteiger partial charge on any atom is 0.247 e. The Morgan fingerprint density at radius 1 is 1.05 bits per heavy atom. The molecule has 0 radical (unpaired) electrons. The van der Waals surface area contributed by atoms with Gasteiger partial charge in [0.15, 0.2) is 0 Å². The number of aryl methyl sites for hydroxylation is 1. The second kappa shape index (κ2) is 5.97. The topological polar surface area (TPSA) is 51.0 Å². The van der Waals surface area contributed by atoms with Crippen LogP contribution in [0.1, 0.15) is 11.5 Å². The first-order valence-corrected chi connectivity index (χ1v) is 6.98. The minimum absolute atomic E-state index is 0.433. The van der Waals surface area contributed by atoms with Gasteiger partial charge < -0.3 is 9.73 Å². The molecule has 0 fully saturated rings. The van der Waals surface area contributed by atoms with Gasteiger partial charge in [0.25, 0.3) is 0 Å². The monoisotopic (exact) mass is 299 g/mol. The zero-order chi connectivity index (χ0) is 14.7. The van der Waals surface area contributed by atoms with Crippen molar-refractivity contribution in [1.82, 2.24) is 10.2 Å². The second-order valence-electron chi connectivity index (χ2n) is 4.70. The fraction of sp³-hybridized carbons (Fsp3) is 0.125. The average Bonchev–Trinajstić information content (AvgIpc) is 2.96. The van der Waals surface area contributed by atoms with Crippen LogP contribution < -0.4 is 5.32 Å². The van der Waals surface area contributed by atoms with Gasteiger partial charge in [-0.05, 0) is 31.2 Å². The molecule has 0 aliphatic rings. The van der Waals surface area contributed by atoms with Crippen molar-refractivity contribution in [2.45, 2.75) is 13.5 Å². The van der Waals surface area contributed by atoms with Gasteiger partial charge in [-0.1, -0.05) is 41.4 Å². The van der Waals surface area contributed by atoms with Gasteiger partial charge in [0.05, 0.1) is 17.3 Å². The first kappa shape index (κ1) is 13.6. The van der Waals surface area contributed by atoms with Crippen molar-refractivity contribution in [2.24, 2.45) is 0 Å². The molecule has 1 aromatic heterocycles. The highest BCUT2D eigenvalue weighted by Crippen LogP contribution is 2.22. The first-order chi connectivity index (χ1) is 10.2. The number of rotatable bonds is 4. The lowest BCUT2D eigenvalue weighted by atomic mass is 10.1. The molecule has 5 heteroatoms. The van der Waals surface area contributed by atoms with Crippen LogP contribution in [0.3, 0.4) is 0 Å². The van der Waals surface area contributed by atoms with E-state index < -0.39 is 0 Å². The SMILES string of the molecule is Cc1ccc(-c2nnc(CNc3ccccc3Cl)o2)cc1. The summed E-state index contributed by atoms with van der Waals surface area (Å²) < 4.78 is 5.64. The molecule has 1 heterocycles. The number of hydrogen-bond donors (Lipinski definition) is 1. The Bertz CT molecular complexity index is 737. The Labute approximate surface area is 127 Å². The van der Waals surface area contributed by atoms with E-state index in [0.29, 0.717) is 23.3 Å². The third kappa shape index (κ3) is 3.23. The predicted molar refractivity (Wildman–Crippen MR) is 83.2 cm³/mol. The second-order valence-corrected chi connectivity index (χ2v) is 5.11. The summed E-state index contributed by atoms with van der Waals surface area (Å²) in [6.45, 7) is 2.47. The Morgan fingerprint density at radius 2 is 1.81 bits per heavy atom. The maximum atomic E-state index is 6.08. The summed E-state index contributed by atoms with van der Waals surface area (Å²) in [5, 5.41) is 11.9. The van der Waals surface area contributed by atoms with Crippen LogP contribution >= 0.6 is 11.6 Å². The van der Waals surface area contributed by atoms with Crippen LogP contribution in [0.25, 0.3) is 11.5 Å². The molecule has 0 spiro atoms. The largest absolute Gasteiger partial charge is 0.419 e. The maximum absolute atomic E-state index is 6.08. The Balaban J connectivity index is 1.71. The zero-order valence-corrected chi connectivity index (χ0v) is 12.3. The molecule has 4 nitrogen and oxygen atoms in total. The van der Waals surface area contributed by atoms with Crippen LogP contribution in [0, 0.1) is 6.92 Å². The third-order valence-electron chi connectivity index (χ3n) is 3.07. The Morgan fingerprint density at radius 3 is 2.57 bits per heavy atom. The smallest absolute Gasteiger partial charge is 0.247 e. The van der Waals surface area contributed by atoms with Gasteiger partial charge in [-0.15, -0.1) is 10.2 Å². The molecule has 2 aromatic carbocycles. The molecule has 0 aliphatic heterocycles. The van der Waals surface area contributed by atoms with Gasteiger partial charge in [-0.2, -0.15) is 0 Å². The molecular weight excluding hydrogens is 286 g/mol. The van der Waals surface area contributed by atoms with E-state index in [1.165, 1.54) is 5.56 Å². The molecule has 0 atom stereocenters. The molecule has 0 saturated heterocycles. The molecule has 0 aliphatic carbocycles. The number of para-hydroxylation sites is 1. The van der Waals surface area contributed by atoms with Gasteiger partial charge in [0.2, 0.25) is 11.8 Å². The fourth-order valence-corrected chi connectivity index (χ4v) is 2.12. The van der Waals surface area contributed by atoms with E-state index in [0.717, 1.165) is 11.3 Å². The zero-order valence-electron chi connectivity index (χ0n) is 11.5. The lowest BCUT2D eigenvalue weighted by molar-refractivity contribution is 0.515. The van der Waals surface area contributed by atoms with Crippen molar-refractivity contribution in [3.05, 3.63) is 65.0 Å². The molecule has 21 heavy (non-hydrogen) atoms. The predicted octanol–water partition coefficient (Wildman–Crippen LogP) is 4.31. The molecule has 3 rings (SSSR count). The summed E-state index contributed by atoms with van der Waals surface area (Å²) >= 11 is 6.08. The van der Waals surface area contributed by atoms with Crippen LogP contribution in [0.5, 0.6) is 0 Å². The van der Waals surface area contributed by atoms with Crippen molar-refractivity contribution >= 4 is 17.3 Å². The quantitative estimate of drug-likeness (QED) is 0.780. The summed E-state index contributed by atoms with van der Waals surface area (Å²) in [5.41, 5.74) is 2.95. The first-order valence-electron chi connectivity index (χ1n) is 6.60. The molecule has 0 saturated carbocycles. The highest BCUT2D eigenvalue weighted by atomic mass is 35.5. The van der Waals surface area contributed by atoms with Crippen LogP contribution in [0.2, 0.25) is 5.02 Å². The summed E-state index contributed by atoms with van der Waals surface area (Å²) in [5.74, 6) is 1.04. The number of nitrogens with zero attached hydrogens (tertiary/aromatic N) is 2. The van der Waals surface area contributed by atoms with Gasteiger partial charge in [0, 0.05) is 5.56 Å². The van der Waals surface area contributed by atoms with Crippen molar-refractivity contribution < 1.29 is 4.42 Å². The number of nitrogens with one attached hydrogen (secondary N) is 1. The van der Waals surface area contributed by atoms with E-state index in [2.05, 4.69) is 15.5 Å². The van der Waals surface area contributed by atoms with Gasteiger partial charge in [-0.3, -0.25) is 0 Å². The summed E-state index contributed by atoms with van der Waals surface area (Å²) in [4.78, 5) is 0. The Hall–Kier alpha value is -2.33. The van der Waals surface area contributed by atoms with Crippen molar-refractivity contribution in [2.75, 3.05) is 5.32 Å². The molecule has 3 aromatic rings. The van der Waals surface area contributed by atoms with Gasteiger partial charge in [-0.25, -0.2) is 0 Å². The highest BCUT2D eigenvalue weighted by Gasteiger charge is 2.08. The van der Waals surface area contributed by atoms with Gasteiger partial charge in [0.1, 0.15) is 0 Å². The molecule has 0 bridgehead atoms. The van der Waals surface area contributed by atoms with Crippen LogP contribution in [-0.2, 0) is 6.54 Å². The average molecular weight is 300 g/mol. The van der Waals surface area contributed by atoms with Gasteiger partial charge >= 0.3 is 0 Å². The lowest BCUT2D eigenvalue weighted by Crippen LogP contribution is -1.99. The number of halogens is 1. The van der Waals surface area contributed by atoms with Crippen molar-refractivity contribution in [3.63, 3.8) is 0 Å². The lowest BCUT2D eigenvalue weighted by Gasteiger charge is -2.04. The molecule has 0 amide bonds. The Kier molecular flexibility index (Phi) is 3.88. The molecular formula is C16H14ClN3O. The number of hydrogen-bond acceptors (Lipinski definition) is 4. The molecule has 1 N–H and O–H groups in total. The number of anilines is 1. The summed E-state index contributed by atoms with van der Waals surface area (Å²) in [7, 11) is 0.